The summed E-state index contributed by atoms with van der Waals surface area (Å²) in [5, 5.41) is 13.4. The zero-order chi connectivity index (χ0) is 16.7. The molecule has 1 N–H and O–H groups in total. The van der Waals surface area contributed by atoms with Gasteiger partial charge in [0.25, 0.3) is 5.69 Å². The van der Waals surface area contributed by atoms with Crippen molar-refractivity contribution in [3.8, 4) is 5.75 Å². The highest BCUT2D eigenvalue weighted by Crippen LogP contribution is 2.23. The second kappa shape index (κ2) is 7.93. The number of hydrogen-bond donors (Lipinski definition) is 1. The summed E-state index contributed by atoms with van der Waals surface area (Å²) in [5.41, 5.74) is 1.20. The monoisotopic (exact) mass is 314 g/mol. The van der Waals surface area contributed by atoms with E-state index < -0.39 is 4.92 Å². The quantitative estimate of drug-likeness (QED) is 0.480. The predicted octanol–water partition coefficient (Wildman–Crippen LogP) is 3.70. The second-order valence-electron chi connectivity index (χ2n) is 5.09. The maximum Gasteiger partial charge on any atom is 0.292 e. The van der Waals surface area contributed by atoms with Crippen LogP contribution in [0, 0.1) is 17.0 Å². The summed E-state index contributed by atoms with van der Waals surface area (Å²) in [7, 11) is 0. The molecule has 120 valence electrons. The van der Waals surface area contributed by atoms with E-state index >= 15 is 0 Å². The van der Waals surface area contributed by atoms with Crippen molar-refractivity contribution >= 4 is 17.3 Å². The molecule has 0 radical (unpaired) electrons. The zero-order valence-electron chi connectivity index (χ0n) is 12.8. The molecule has 0 aliphatic heterocycles. The number of anilines is 1. The fourth-order valence-electron chi connectivity index (χ4n) is 2.08. The van der Waals surface area contributed by atoms with Crippen LogP contribution in [0.5, 0.6) is 5.75 Å². The summed E-state index contributed by atoms with van der Waals surface area (Å²) in [5.74, 6) is 0.497. The first-order valence-corrected chi connectivity index (χ1v) is 7.29. The first kappa shape index (κ1) is 16.5. The first-order chi connectivity index (χ1) is 11.1. The molecule has 1 amide bonds. The molecule has 0 unspecified atom stereocenters. The number of nitrogens with one attached hydrogen (secondary N) is 1. The number of hydrogen-bond acceptors (Lipinski definition) is 4. The van der Waals surface area contributed by atoms with Crippen LogP contribution < -0.4 is 10.1 Å². The lowest BCUT2D eigenvalue weighted by Crippen LogP contribution is -2.13. The molecule has 23 heavy (non-hydrogen) atoms. The van der Waals surface area contributed by atoms with Crippen molar-refractivity contribution in [3.63, 3.8) is 0 Å². The van der Waals surface area contributed by atoms with Crippen LogP contribution in [0.25, 0.3) is 0 Å². The van der Waals surface area contributed by atoms with E-state index in [1.54, 1.807) is 12.1 Å². The van der Waals surface area contributed by atoms with Gasteiger partial charge in [-0.05, 0) is 37.1 Å². The molecule has 0 saturated heterocycles. The third-order valence-electron chi connectivity index (χ3n) is 3.18. The van der Waals surface area contributed by atoms with Crippen molar-refractivity contribution in [3.05, 3.63) is 64.2 Å². The number of amides is 1. The molecule has 2 aromatic carbocycles. The van der Waals surface area contributed by atoms with Crippen molar-refractivity contribution in [1.29, 1.82) is 0 Å². The van der Waals surface area contributed by atoms with Gasteiger partial charge in [0.15, 0.2) is 0 Å². The Bertz CT molecular complexity index is 700. The lowest BCUT2D eigenvalue weighted by molar-refractivity contribution is -0.383. The number of ether oxygens (including phenoxy) is 1. The number of carbonyl (C=O) groups is 1. The molecule has 0 saturated carbocycles. The largest absolute Gasteiger partial charge is 0.494 e. The van der Waals surface area contributed by atoms with Crippen molar-refractivity contribution < 1.29 is 14.5 Å². The molecule has 0 aromatic heterocycles. The molecule has 0 bridgehead atoms. The van der Waals surface area contributed by atoms with E-state index in [9.17, 15) is 14.9 Å². The van der Waals surface area contributed by atoms with Gasteiger partial charge in [0.2, 0.25) is 5.91 Å². The Hall–Kier alpha value is -2.89. The number of benzene rings is 2. The SMILES string of the molecule is Cc1cccc(OCCCC(=O)Nc2ccccc2[N+](=O)[O-])c1. The molecule has 0 heterocycles. The Morgan fingerprint density at radius 1 is 1.22 bits per heavy atom. The average molecular weight is 314 g/mol. The van der Waals surface area contributed by atoms with Crippen LogP contribution in [-0.2, 0) is 4.79 Å². The van der Waals surface area contributed by atoms with Gasteiger partial charge >= 0.3 is 0 Å². The van der Waals surface area contributed by atoms with Gasteiger partial charge in [-0.3, -0.25) is 14.9 Å². The zero-order valence-corrected chi connectivity index (χ0v) is 12.8. The van der Waals surface area contributed by atoms with Gasteiger partial charge in [-0.2, -0.15) is 0 Å². The number of rotatable bonds is 7. The number of nitro groups is 1. The Morgan fingerprint density at radius 3 is 2.74 bits per heavy atom. The van der Waals surface area contributed by atoms with Crippen molar-refractivity contribution in [1.82, 2.24) is 0 Å². The molecular formula is C17H18N2O4. The molecule has 0 aliphatic carbocycles. The Balaban J connectivity index is 1.79. The van der Waals surface area contributed by atoms with E-state index in [0.29, 0.717) is 13.0 Å². The molecule has 0 fully saturated rings. The lowest BCUT2D eigenvalue weighted by Gasteiger charge is -2.08. The molecule has 6 heteroatoms. The Labute approximate surface area is 134 Å². The lowest BCUT2D eigenvalue weighted by atomic mass is 10.2. The van der Waals surface area contributed by atoms with E-state index in [1.165, 1.54) is 12.1 Å². The standard InChI is InChI=1S/C17H18N2O4/c1-13-6-4-7-14(12-13)23-11-5-10-17(20)18-15-8-2-3-9-16(15)19(21)22/h2-4,6-9,12H,5,10-11H2,1H3,(H,18,20). The Morgan fingerprint density at radius 2 is 2.00 bits per heavy atom. The molecule has 2 aromatic rings. The highest BCUT2D eigenvalue weighted by Gasteiger charge is 2.14. The highest BCUT2D eigenvalue weighted by molar-refractivity contribution is 5.92. The van der Waals surface area contributed by atoms with Gasteiger partial charge in [-0.1, -0.05) is 24.3 Å². The third kappa shape index (κ3) is 5.10. The summed E-state index contributed by atoms with van der Waals surface area (Å²) in [4.78, 5) is 22.2. The van der Waals surface area contributed by atoms with Crippen LogP contribution in [0.4, 0.5) is 11.4 Å². The van der Waals surface area contributed by atoms with E-state index in [4.69, 9.17) is 4.74 Å². The van der Waals surface area contributed by atoms with Gasteiger partial charge in [-0.25, -0.2) is 0 Å². The van der Waals surface area contributed by atoms with Gasteiger partial charge in [0.05, 0.1) is 11.5 Å². The molecule has 2 rings (SSSR count). The van der Waals surface area contributed by atoms with E-state index in [2.05, 4.69) is 5.32 Å². The van der Waals surface area contributed by atoms with Crippen LogP contribution >= 0.6 is 0 Å². The fraction of sp³-hybridized carbons (Fsp3) is 0.235. The smallest absolute Gasteiger partial charge is 0.292 e. The van der Waals surface area contributed by atoms with Crippen LogP contribution in [0.1, 0.15) is 18.4 Å². The number of nitrogens with zero attached hydrogens (tertiary/aromatic N) is 1. The summed E-state index contributed by atoms with van der Waals surface area (Å²) in [6.07, 6.45) is 0.762. The van der Waals surface area contributed by atoms with Crippen molar-refractivity contribution in [2.45, 2.75) is 19.8 Å². The van der Waals surface area contributed by atoms with E-state index in [0.717, 1.165) is 11.3 Å². The topological polar surface area (TPSA) is 81.5 Å². The maximum absolute atomic E-state index is 11.9. The van der Waals surface area contributed by atoms with Crippen LogP contribution in [0.2, 0.25) is 0 Å². The van der Waals surface area contributed by atoms with E-state index in [-0.39, 0.29) is 23.7 Å². The molecule has 0 aliphatic rings. The minimum Gasteiger partial charge on any atom is -0.494 e. The van der Waals surface area contributed by atoms with Crippen LogP contribution in [0.3, 0.4) is 0 Å². The third-order valence-corrected chi connectivity index (χ3v) is 3.18. The number of aryl methyl sites for hydroxylation is 1. The van der Waals surface area contributed by atoms with Gasteiger partial charge in [-0.15, -0.1) is 0 Å². The summed E-state index contributed by atoms with van der Waals surface area (Å²) in [6, 6.07) is 13.7. The number of carbonyl (C=O) groups excluding carboxylic acids is 1. The first-order valence-electron chi connectivity index (χ1n) is 7.29. The van der Waals surface area contributed by atoms with Crippen LogP contribution in [-0.4, -0.2) is 17.4 Å². The normalized spacial score (nSPS) is 10.1. The fourth-order valence-corrected chi connectivity index (χ4v) is 2.08. The van der Waals surface area contributed by atoms with Gasteiger partial charge in [0.1, 0.15) is 11.4 Å². The maximum atomic E-state index is 11.9. The minimum absolute atomic E-state index is 0.114. The summed E-state index contributed by atoms with van der Waals surface area (Å²) >= 11 is 0. The van der Waals surface area contributed by atoms with Gasteiger partial charge < -0.3 is 10.1 Å². The number of para-hydroxylation sites is 2. The van der Waals surface area contributed by atoms with Crippen molar-refractivity contribution in [2.24, 2.45) is 0 Å². The average Bonchev–Trinajstić information content (AvgIpc) is 2.52. The summed E-state index contributed by atoms with van der Waals surface area (Å²) in [6.45, 7) is 2.39. The highest BCUT2D eigenvalue weighted by atomic mass is 16.6. The minimum atomic E-state index is -0.517. The molecule has 0 atom stereocenters. The summed E-state index contributed by atoms with van der Waals surface area (Å²) < 4.78 is 5.56. The number of nitro benzene ring substituents is 1. The molecular weight excluding hydrogens is 296 g/mol. The van der Waals surface area contributed by atoms with Gasteiger partial charge in [0, 0.05) is 12.5 Å². The Kier molecular flexibility index (Phi) is 5.68. The second-order valence-corrected chi connectivity index (χ2v) is 5.09. The van der Waals surface area contributed by atoms with E-state index in [1.807, 2.05) is 31.2 Å². The van der Waals surface area contributed by atoms with Crippen LogP contribution in [0.15, 0.2) is 48.5 Å². The molecule has 0 spiro atoms. The van der Waals surface area contributed by atoms with Crippen molar-refractivity contribution in [2.75, 3.05) is 11.9 Å². The predicted molar refractivity (Wildman–Crippen MR) is 87.6 cm³/mol. The molecule has 6 nitrogen and oxygen atoms in total.